The summed E-state index contributed by atoms with van der Waals surface area (Å²) in [5, 5.41) is 3.19. The number of nitrogens with zero attached hydrogens (tertiary/aromatic N) is 1. The van der Waals surface area contributed by atoms with Gasteiger partial charge in [0.1, 0.15) is 0 Å². The summed E-state index contributed by atoms with van der Waals surface area (Å²) < 4.78 is 27.7. The van der Waals surface area contributed by atoms with Crippen LogP contribution < -0.4 is 10.0 Å². The van der Waals surface area contributed by atoms with Gasteiger partial charge in [0.2, 0.25) is 0 Å². The van der Waals surface area contributed by atoms with E-state index in [0.29, 0.717) is 21.7 Å². The van der Waals surface area contributed by atoms with Crippen LogP contribution in [0.4, 0.5) is 11.4 Å². The highest BCUT2D eigenvalue weighted by Gasteiger charge is 2.20. The van der Waals surface area contributed by atoms with Crippen LogP contribution in [0.3, 0.4) is 0 Å². The normalized spacial score (nSPS) is 11.2. The van der Waals surface area contributed by atoms with Gasteiger partial charge in [-0.3, -0.25) is 9.71 Å². The molecule has 0 saturated heterocycles. The largest absolute Gasteiger partial charge is 0.385 e. The molecule has 6 heteroatoms. The number of anilines is 2. The topological polar surface area (TPSA) is 71.1 Å². The molecule has 1 heterocycles. The second-order valence-electron chi connectivity index (χ2n) is 4.81. The molecule has 0 saturated carbocycles. The minimum atomic E-state index is -3.61. The molecule has 1 aromatic heterocycles. The summed E-state index contributed by atoms with van der Waals surface area (Å²) in [6.45, 7) is 6.39. The SMILES string of the molecule is CCNc1cc(C)c(S(=O)(=O)Nc2ccncc2)c(C)c1. The van der Waals surface area contributed by atoms with Crippen molar-refractivity contribution in [3.05, 3.63) is 47.8 Å². The lowest BCUT2D eigenvalue weighted by atomic mass is 10.1. The maximum atomic E-state index is 12.6. The van der Waals surface area contributed by atoms with E-state index in [1.807, 2.05) is 19.1 Å². The summed E-state index contributed by atoms with van der Waals surface area (Å²) in [6.07, 6.45) is 3.09. The van der Waals surface area contributed by atoms with Crippen molar-refractivity contribution in [2.45, 2.75) is 25.7 Å². The number of hydrogen-bond acceptors (Lipinski definition) is 4. The molecule has 0 unspecified atom stereocenters. The number of aromatic nitrogens is 1. The third-order valence-corrected chi connectivity index (χ3v) is 4.73. The Morgan fingerprint density at radius 1 is 1.05 bits per heavy atom. The molecule has 0 aliphatic carbocycles. The van der Waals surface area contributed by atoms with Crippen molar-refractivity contribution in [3.63, 3.8) is 0 Å². The first-order valence-electron chi connectivity index (χ1n) is 6.72. The maximum absolute atomic E-state index is 12.6. The molecule has 0 bridgehead atoms. The summed E-state index contributed by atoms with van der Waals surface area (Å²) in [7, 11) is -3.61. The lowest BCUT2D eigenvalue weighted by Gasteiger charge is -2.15. The molecule has 112 valence electrons. The van der Waals surface area contributed by atoms with Crippen molar-refractivity contribution in [2.75, 3.05) is 16.6 Å². The minimum absolute atomic E-state index is 0.320. The Balaban J connectivity index is 2.41. The standard InChI is InChI=1S/C15H19N3O2S/c1-4-17-14-9-11(2)15(12(3)10-14)21(19,20)18-13-5-7-16-8-6-13/h5-10,17H,4H2,1-3H3,(H,16,18). The Hall–Kier alpha value is -2.08. The van der Waals surface area contributed by atoms with Gasteiger partial charge in [-0.1, -0.05) is 0 Å². The lowest BCUT2D eigenvalue weighted by molar-refractivity contribution is 0.600. The fourth-order valence-corrected chi connectivity index (χ4v) is 3.82. The predicted molar refractivity (Wildman–Crippen MR) is 85.1 cm³/mol. The highest BCUT2D eigenvalue weighted by atomic mass is 32.2. The highest BCUT2D eigenvalue weighted by molar-refractivity contribution is 7.92. The van der Waals surface area contributed by atoms with Crippen molar-refractivity contribution in [1.29, 1.82) is 0 Å². The van der Waals surface area contributed by atoms with Gasteiger partial charge in [-0.15, -0.1) is 0 Å². The molecule has 2 N–H and O–H groups in total. The first kappa shape index (κ1) is 15.3. The van der Waals surface area contributed by atoms with E-state index in [0.717, 1.165) is 12.2 Å². The Labute approximate surface area is 125 Å². The van der Waals surface area contributed by atoms with E-state index in [4.69, 9.17) is 0 Å². The zero-order valence-corrected chi connectivity index (χ0v) is 13.2. The molecule has 0 aliphatic heterocycles. The third kappa shape index (κ3) is 3.52. The van der Waals surface area contributed by atoms with Gasteiger partial charge in [-0.05, 0) is 56.2 Å². The van der Waals surface area contributed by atoms with Gasteiger partial charge in [-0.2, -0.15) is 0 Å². The monoisotopic (exact) mass is 305 g/mol. The minimum Gasteiger partial charge on any atom is -0.385 e. The van der Waals surface area contributed by atoms with Crippen LogP contribution in [-0.4, -0.2) is 19.9 Å². The average Bonchev–Trinajstić information content (AvgIpc) is 2.38. The molecule has 0 radical (unpaired) electrons. The van der Waals surface area contributed by atoms with Gasteiger partial charge in [-0.25, -0.2) is 8.42 Å². The first-order valence-corrected chi connectivity index (χ1v) is 8.20. The molecular weight excluding hydrogens is 286 g/mol. The molecule has 0 atom stereocenters. The van der Waals surface area contributed by atoms with Crippen LogP contribution in [0.2, 0.25) is 0 Å². The van der Waals surface area contributed by atoms with Crippen LogP contribution in [0.25, 0.3) is 0 Å². The second kappa shape index (κ2) is 6.13. The molecule has 21 heavy (non-hydrogen) atoms. The zero-order valence-electron chi connectivity index (χ0n) is 12.3. The van der Waals surface area contributed by atoms with E-state index < -0.39 is 10.0 Å². The summed E-state index contributed by atoms with van der Waals surface area (Å²) in [4.78, 5) is 4.19. The van der Waals surface area contributed by atoms with E-state index in [1.54, 1.807) is 38.4 Å². The summed E-state index contributed by atoms with van der Waals surface area (Å²) in [6, 6.07) is 6.93. The number of sulfonamides is 1. The lowest BCUT2D eigenvalue weighted by Crippen LogP contribution is -2.16. The van der Waals surface area contributed by atoms with Crippen LogP contribution in [-0.2, 0) is 10.0 Å². The number of aryl methyl sites for hydroxylation is 2. The Bertz CT molecular complexity index is 705. The quantitative estimate of drug-likeness (QED) is 0.891. The van der Waals surface area contributed by atoms with E-state index in [9.17, 15) is 8.42 Å². The number of nitrogens with one attached hydrogen (secondary N) is 2. The second-order valence-corrected chi connectivity index (χ2v) is 6.43. The van der Waals surface area contributed by atoms with Crippen LogP contribution in [0, 0.1) is 13.8 Å². The number of benzene rings is 1. The van der Waals surface area contributed by atoms with Gasteiger partial charge in [0.05, 0.1) is 10.6 Å². The first-order chi connectivity index (χ1) is 9.94. The smallest absolute Gasteiger partial charge is 0.262 e. The molecule has 5 nitrogen and oxygen atoms in total. The van der Waals surface area contributed by atoms with Crippen LogP contribution >= 0.6 is 0 Å². The third-order valence-electron chi connectivity index (χ3n) is 3.04. The molecule has 2 aromatic rings. The average molecular weight is 305 g/mol. The van der Waals surface area contributed by atoms with Crippen molar-refractivity contribution in [2.24, 2.45) is 0 Å². The summed E-state index contributed by atoms with van der Waals surface area (Å²) in [5.41, 5.74) is 2.86. The van der Waals surface area contributed by atoms with E-state index in [2.05, 4.69) is 15.0 Å². The van der Waals surface area contributed by atoms with E-state index >= 15 is 0 Å². The van der Waals surface area contributed by atoms with Crippen molar-refractivity contribution in [1.82, 2.24) is 4.98 Å². The Morgan fingerprint density at radius 3 is 2.14 bits per heavy atom. The molecular formula is C15H19N3O2S. The van der Waals surface area contributed by atoms with Gasteiger partial charge in [0.25, 0.3) is 10.0 Å². The number of hydrogen-bond donors (Lipinski definition) is 2. The fraction of sp³-hybridized carbons (Fsp3) is 0.267. The molecule has 0 fully saturated rings. The van der Waals surface area contributed by atoms with Gasteiger partial charge in [0, 0.05) is 24.6 Å². The molecule has 0 amide bonds. The van der Waals surface area contributed by atoms with Gasteiger partial charge >= 0.3 is 0 Å². The maximum Gasteiger partial charge on any atom is 0.262 e. The van der Waals surface area contributed by atoms with Crippen molar-refractivity contribution in [3.8, 4) is 0 Å². The van der Waals surface area contributed by atoms with Crippen molar-refractivity contribution < 1.29 is 8.42 Å². The van der Waals surface area contributed by atoms with E-state index in [-0.39, 0.29) is 0 Å². The Kier molecular flexibility index (Phi) is 4.47. The summed E-state index contributed by atoms with van der Waals surface area (Å²) in [5.74, 6) is 0. The molecule has 2 rings (SSSR count). The molecule has 1 aromatic carbocycles. The van der Waals surface area contributed by atoms with Crippen LogP contribution in [0.1, 0.15) is 18.1 Å². The highest BCUT2D eigenvalue weighted by Crippen LogP contribution is 2.26. The summed E-state index contributed by atoms with van der Waals surface area (Å²) >= 11 is 0. The van der Waals surface area contributed by atoms with E-state index in [1.165, 1.54) is 0 Å². The van der Waals surface area contributed by atoms with Crippen LogP contribution in [0.5, 0.6) is 0 Å². The fourth-order valence-electron chi connectivity index (χ4n) is 2.31. The molecule has 0 spiro atoms. The van der Waals surface area contributed by atoms with Gasteiger partial charge < -0.3 is 5.32 Å². The zero-order chi connectivity index (χ0) is 15.5. The van der Waals surface area contributed by atoms with Crippen LogP contribution in [0.15, 0.2) is 41.6 Å². The van der Waals surface area contributed by atoms with Gasteiger partial charge in [0.15, 0.2) is 0 Å². The number of rotatable bonds is 5. The Morgan fingerprint density at radius 2 is 1.62 bits per heavy atom. The van der Waals surface area contributed by atoms with Crippen molar-refractivity contribution >= 4 is 21.4 Å². The molecule has 0 aliphatic rings. The number of pyridine rings is 1. The predicted octanol–water partition coefficient (Wildman–Crippen LogP) is 2.93.